The molecule has 6 bridgehead atoms. The minimum atomic E-state index is -1.07. The molecule has 2 aliphatic heterocycles. The summed E-state index contributed by atoms with van der Waals surface area (Å²) in [5.41, 5.74) is 5.57. The zero-order valence-corrected chi connectivity index (χ0v) is 30.4. The number of phenolic OH excluding ortho intramolecular Hbond substituents is 2. The van der Waals surface area contributed by atoms with Crippen molar-refractivity contribution in [1.82, 2.24) is 0 Å². The lowest BCUT2D eigenvalue weighted by Gasteiger charge is -2.44. The van der Waals surface area contributed by atoms with Crippen LogP contribution in [0.4, 0.5) is 0 Å². The van der Waals surface area contributed by atoms with E-state index in [4.69, 9.17) is 18.9 Å². The van der Waals surface area contributed by atoms with Crippen molar-refractivity contribution < 1.29 is 44.5 Å². The van der Waals surface area contributed by atoms with Gasteiger partial charge in [-0.1, -0.05) is 52.3 Å². The second-order valence-corrected chi connectivity index (χ2v) is 17.0. The molecular weight excluding hydrogens is 689 g/mol. The first-order chi connectivity index (χ1) is 24.9. The average Bonchev–Trinajstić information content (AvgIpc) is 3.16. The SMILES string of the molecule is COc1cc2c(c(OC)c1O)CC#CC1SSC3CCCC(CCC4c5cc(O)ccc5-c5c(OCCO)cc6c(c5C4CO)C1C(O)C2O6)C3. The van der Waals surface area contributed by atoms with Crippen LogP contribution in [0.1, 0.15) is 90.2 Å². The topological polar surface area (TPSA) is 138 Å². The number of methoxy groups -OCH3 is 2. The monoisotopic (exact) mass is 732 g/mol. The van der Waals surface area contributed by atoms with Gasteiger partial charge in [0.05, 0.1) is 32.7 Å². The molecule has 8 atom stereocenters. The summed E-state index contributed by atoms with van der Waals surface area (Å²) >= 11 is 0. The molecule has 51 heavy (non-hydrogen) atoms. The number of ether oxygens (including phenoxy) is 4. The van der Waals surface area contributed by atoms with Gasteiger partial charge < -0.3 is 44.5 Å². The number of hydrogen-bond donors (Lipinski definition) is 5. The number of aromatic hydroxyl groups is 2. The summed E-state index contributed by atoms with van der Waals surface area (Å²) in [6.45, 7) is -0.311. The van der Waals surface area contributed by atoms with Crippen LogP contribution in [-0.4, -0.2) is 76.2 Å². The van der Waals surface area contributed by atoms with Gasteiger partial charge >= 0.3 is 0 Å². The van der Waals surface area contributed by atoms with Crippen molar-refractivity contribution in [1.29, 1.82) is 0 Å². The van der Waals surface area contributed by atoms with Crippen molar-refractivity contribution in [3.63, 3.8) is 0 Å². The Kier molecular flexibility index (Phi) is 9.66. The molecule has 0 aromatic heterocycles. The molecule has 1 saturated carbocycles. The van der Waals surface area contributed by atoms with Gasteiger partial charge in [0.2, 0.25) is 5.75 Å². The molecule has 11 heteroatoms. The number of aliphatic hydroxyl groups is 3. The lowest BCUT2D eigenvalue weighted by molar-refractivity contribution is 0.000579. The quantitative estimate of drug-likeness (QED) is 0.139. The third kappa shape index (κ3) is 5.88. The van der Waals surface area contributed by atoms with Gasteiger partial charge in [-0.15, -0.1) is 0 Å². The Morgan fingerprint density at radius 2 is 1.80 bits per heavy atom. The van der Waals surface area contributed by atoms with Crippen molar-refractivity contribution in [2.75, 3.05) is 34.0 Å². The van der Waals surface area contributed by atoms with Crippen LogP contribution < -0.4 is 18.9 Å². The largest absolute Gasteiger partial charge is 0.508 e. The van der Waals surface area contributed by atoms with Crippen molar-refractivity contribution in [3.05, 3.63) is 58.1 Å². The Morgan fingerprint density at radius 1 is 0.941 bits per heavy atom. The van der Waals surface area contributed by atoms with Gasteiger partial charge in [0, 0.05) is 51.8 Å². The minimum Gasteiger partial charge on any atom is -0.508 e. The first-order valence-electron chi connectivity index (χ1n) is 17.9. The van der Waals surface area contributed by atoms with E-state index in [-0.39, 0.29) is 66.3 Å². The molecule has 5 aliphatic rings. The van der Waals surface area contributed by atoms with E-state index in [9.17, 15) is 25.5 Å². The predicted octanol–water partition coefficient (Wildman–Crippen LogP) is 6.57. The molecule has 5 N–H and O–H groups in total. The van der Waals surface area contributed by atoms with E-state index in [2.05, 4.69) is 11.8 Å². The average molecular weight is 733 g/mol. The third-order valence-electron chi connectivity index (χ3n) is 11.5. The van der Waals surface area contributed by atoms with E-state index in [1.807, 2.05) is 29.0 Å². The van der Waals surface area contributed by atoms with E-state index in [0.717, 1.165) is 59.9 Å². The van der Waals surface area contributed by atoms with Crippen LogP contribution in [-0.2, 0) is 6.42 Å². The molecule has 0 saturated heterocycles. The molecule has 8 rings (SSSR count). The Morgan fingerprint density at radius 3 is 2.59 bits per heavy atom. The van der Waals surface area contributed by atoms with Crippen molar-refractivity contribution in [2.24, 2.45) is 5.92 Å². The molecular formula is C40H44O9S2. The van der Waals surface area contributed by atoms with Crippen LogP contribution in [0.15, 0.2) is 30.3 Å². The highest BCUT2D eigenvalue weighted by Gasteiger charge is 2.49. The highest BCUT2D eigenvalue weighted by atomic mass is 33.1. The summed E-state index contributed by atoms with van der Waals surface area (Å²) in [5.74, 6) is 7.99. The van der Waals surface area contributed by atoms with Gasteiger partial charge in [-0.3, -0.25) is 0 Å². The maximum absolute atomic E-state index is 12.7. The van der Waals surface area contributed by atoms with Crippen LogP contribution in [0.3, 0.4) is 0 Å². The summed E-state index contributed by atoms with van der Waals surface area (Å²) in [7, 11) is 6.56. The van der Waals surface area contributed by atoms with E-state index in [0.29, 0.717) is 33.8 Å². The molecule has 3 aromatic rings. The van der Waals surface area contributed by atoms with E-state index in [1.54, 1.807) is 22.9 Å². The predicted molar refractivity (Wildman–Crippen MR) is 197 cm³/mol. The number of hydrogen-bond acceptors (Lipinski definition) is 11. The van der Waals surface area contributed by atoms with Gasteiger partial charge in [-0.25, -0.2) is 0 Å². The Balaban J connectivity index is 1.43. The van der Waals surface area contributed by atoms with Crippen LogP contribution >= 0.6 is 21.6 Å². The van der Waals surface area contributed by atoms with Gasteiger partial charge in [-0.05, 0) is 72.4 Å². The van der Waals surface area contributed by atoms with E-state index >= 15 is 0 Å². The number of rotatable bonds is 6. The second-order valence-electron chi connectivity index (χ2n) is 14.2. The summed E-state index contributed by atoms with van der Waals surface area (Å²) in [4.78, 5) is 0. The fourth-order valence-electron chi connectivity index (χ4n) is 9.32. The second kappa shape index (κ2) is 14.2. The van der Waals surface area contributed by atoms with E-state index < -0.39 is 18.1 Å². The number of benzene rings is 3. The van der Waals surface area contributed by atoms with Crippen LogP contribution in [0.2, 0.25) is 0 Å². The molecule has 0 amide bonds. The molecule has 0 radical (unpaired) electrons. The Labute approximate surface area is 306 Å². The van der Waals surface area contributed by atoms with Gasteiger partial charge in [-0.2, -0.15) is 0 Å². The fraction of sp³-hybridized carbons (Fsp3) is 0.500. The molecule has 0 spiro atoms. The first-order valence-corrected chi connectivity index (χ1v) is 20.1. The maximum Gasteiger partial charge on any atom is 0.201 e. The molecule has 270 valence electrons. The standard InChI is InChI=1S/C40H44O9S2/c1-46-31-17-27-25(39(47-2)37(31)44)7-4-8-32-36-35-30(49-40(27)38(36)45)18-29(48-14-13-41)33-24-12-10-21(43)16-26(24)23(28(19-42)34(33)35)11-9-20-5-3-6-22(15-20)50-51-32/h10,12,16-18,20,22-23,28,32,36,38,40-45H,3,5-7,9,11,13-15,19H2,1-2H3. The number of aliphatic hydroxyl groups excluding tert-OH is 3. The molecule has 1 fully saturated rings. The lowest BCUT2D eigenvalue weighted by atomic mass is 9.65. The zero-order chi connectivity index (χ0) is 35.4. The smallest absolute Gasteiger partial charge is 0.201 e. The Hall–Kier alpha value is -3.40. The van der Waals surface area contributed by atoms with Crippen molar-refractivity contribution >= 4 is 21.6 Å². The Bertz CT molecular complexity index is 1890. The molecule has 8 unspecified atom stereocenters. The van der Waals surface area contributed by atoms with E-state index in [1.165, 1.54) is 20.6 Å². The van der Waals surface area contributed by atoms with Crippen molar-refractivity contribution in [2.45, 2.75) is 85.4 Å². The maximum atomic E-state index is 12.7. The normalized spacial score (nSPS) is 28.7. The molecule has 9 nitrogen and oxygen atoms in total. The molecule has 2 heterocycles. The minimum absolute atomic E-state index is 0.0432. The third-order valence-corrected chi connectivity index (χ3v) is 14.7. The van der Waals surface area contributed by atoms with Crippen LogP contribution in [0, 0.1) is 17.8 Å². The van der Waals surface area contributed by atoms with Crippen LogP contribution in [0.5, 0.6) is 34.5 Å². The lowest BCUT2D eigenvalue weighted by Crippen LogP contribution is -2.40. The summed E-state index contributed by atoms with van der Waals surface area (Å²) in [6.07, 6.45) is 4.72. The highest BCUT2D eigenvalue weighted by molar-refractivity contribution is 8.77. The summed E-state index contributed by atoms with van der Waals surface area (Å²) in [5, 5.41) is 56.0. The number of phenols is 2. The zero-order valence-electron chi connectivity index (χ0n) is 28.8. The van der Waals surface area contributed by atoms with Gasteiger partial charge in [0.1, 0.15) is 30.0 Å². The van der Waals surface area contributed by atoms with Gasteiger partial charge in [0.25, 0.3) is 0 Å². The first kappa shape index (κ1) is 34.7. The van der Waals surface area contributed by atoms with Crippen molar-refractivity contribution in [3.8, 4) is 57.5 Å². The summed E-state index contributed by atoms with van der Waals surface area (Å²) < 4.78 is 24.5. The molecule has 3 aromatic carbocycles. The highest BCUT2D eigenvalue weighted by Crippen LogP contribution is 2.62. The number of fused-ring (bicyclic) bond motifs is 9. The summed E-state index contributed by atoms with van der Waals surface area (Å²) in [6, 6.07) is 8.99. The van der Waals surface area contributed by atoms with Gasteiger partial charge in [0.15, 0.2) is 17.6 Å². The molecule has 3 aliphatic carbocycles. The fourth-order valence-corrected chi connectivity index (χ4v) is 12.6. The van der Waals surface area contributed by atoms with Crippen LogP contribution in [0.25, 0.3) is 11.1 Å².